The first-order valence-electron chi connectivity index (χ1n) is 10.3. The fraction of sp³-hybridized carbons (Fsp3) is 0.292. The minimum atomic E-state index is -0.175. The van der Waals surface area contributed by atoms with Gasteiger partial charge in [0.25, 0.3) is 0 Å². The molecule has 1 unspecified atom stereocenters. The number of pyridine rings is 1. The molecule has 0 radical (unpaired) electrons. The lowest BCUT2D eigenvalue weighted by Gasteiger charge is -2.27. The lowest BCUT2D eigenvalue weighted by atomic mass is 10.1. The van der Waals surface area contributed by atoms with Gasteiger partial charge in [-0.3, -0.25) is 0 Å². The topological polar surface area (TPSA) is 81.9 Å². The summed E-state index contributed by atoms with van der Waals surface area (Å²) in [5.74, 6) is 1.86. The Kier molecular flexibility index (Phi) is 6.25. The van der Waals surface area contributed by atoms with Crippen LogP contribution in [-0.4, -0.2) is 50.3 Å². The predicted octanol–water partition coefficient (Wildman–Crippen LogP) is 3.66. The Morgan fingerprint density at radius 3 is 2.77 bits per heavy atom. The van der Waals surface area contributed by atoms with Gasteiger partial charge in [0, 0.05) is 24.3 Å². The third-order valence-corrected chi connectivity index (χ3v) is 4.99. The summed E-state index contributed by atoms with van der Waals surface area (Å²) in [5.41, 5.74) is 10.3. The molecule has 1 aliphatic heterocycles. The molecule has 7 nitrogen and oxygen atoms in total. The second kappa shape index (κ2) is 9.24. The number of ether oxygens (including phenoxy) is 3. The summed E-state index contributed by atoms with van der Waals surface area (Å²) < 4.78 is 17.5. The SMILES string of the molecule is COc1nc(-c2cccc3c2OC(CN)CO3)ccc1Nc1cccc(CN(C)C)c1. The first-order chi connectivity index (χ1) is 15.1. The van der Waals surface area contributed by atoms with Crippen molar-refractivity contribution in [1.82, 2.24) is 9.88 Å². The highest BCUT2D eigenvalue weighted by atomic mass is 16.6. The molecule has 0 saturated carbocycles. The number of anilines is 2. The second-order valence-corrected chi connectivity index (χ2v) is 7.74. The number of aromatic nitrogens is 1. The fourth-order valence-corrected chi connectivity index (χ4v) is 3.56. The summed E-state index contributed by atoms with van der Waals surface area (Å²) >= 11 is 0. The number of hydrogen-bond donors (Lipinski definition) is 2. The maximum atomic E-state index is 6.06. The van der Waals surface area contributed by atoms with Crippen LogP contribution in [0.4, 0.5) is 11.4 Å². The van der Waals surface area contributed by atoms with Gasteiger partial charge in [0.05, 0.1) is 12.8 Å². The molecule has 3 N–H and O–H groups in total. The number of nitrogens with one attached hydrogen (secondary N) is 1. The normalized spacial score (nSPS) is 15.1. The van der Waals surface area contributed by atoms with E-state index in [9.17, 15) is 0 Å². The Bertz CT molecular complexity index is 1050. The molecule has 162 valence electrons. The zero-order valence-electron chi connectivity index (χ0n) is 18.1. The smallest absolute Gasteiger partial charge is 0.238 e. The van der Waals surface area contributed by atoms with E-state index >= 15 is 0 Å². The van der Waals surface area contributed by atoms with Gasteiger partial charge in [-0.1, -0.05) is 18.2 Å². The van der Waals surface area contributed by atoms with Gasteiger partial charge in [-0.25, -0.2) is 4.98 Å². The molecule has 0 fully saturated rings. The third kappa shape index (κ3) is 4.73. The first-order valence-corrected chi connectivity index (χ1v) is 10.3. The molecular formula is C24H28N4O3. The van der Waals surface area contributed by atoms with Crippen LogP contribution in [0.15, 0.2) is 54.6 Å². The lowest BCUT2D eigenvalue weighted by molar-refractivity contribution is 0.0976. The van der Waals surface area contributed by atoms with Crippen molar-refractivity contribution in [3.63, 3.8) is 0 Å². The molecule has 3 aromatic rings. The highest BCUT2D eigenvalue weighted by Crippen LogP contribution is 2.41. The summed E-state index contributed by atoms with van der Waals surface area (Å²) in [7, 11) is 5.72. The molecule has 0 bridgehead atoms. The quantitative estimate of drug-likeness (QED) is 0.604. The van der Waals surface area contributed by atoms with Crippen LogP contribution in [0.5, 0.6) is 17.4 Å². The van der Waals surface area contributed by atoms with Gasteiger partial charge in [0.2, 0.25) is 5.88 Å². The molecule has 0 aliphatic carbocycles. The Hall–Kier alpha value is -3.29. The van der Waals surface area contributed by atoms with Gasteiger partial charge in [-0.05, 0) is 56.1 Å². The maximum absolute atomic E-state index is 6.06. The van der Waals surface area contributed by atoms with Crippen LogP contribution in [0.1, 0.15) is 5.56 Å². The van der Waals surface area contributed by atoms with E-state index in [2.05, 4.69) is 36.4 Å². The van der Waals surface area contributed by atoms with Gasteiger partial charge >= 0.3 is 0 Å². The van der Waals surface area contributed by atoms with Gasteiger partial charge in [-0.15, -0.1) is 0 Å². The van der Waals surface area contributed by atoms with Crippen molar-refractivity contribution in [3.05, 3.63) is 60.2 Å². The molecule has 1 atom stereocenters. The van der Waals surface area contributed by atoms with E-state index in [0.717, 1.165) is 29.2 Å². The highest BCUT2D eigenvalue weighted by molar-refractivity contribution is 5.75. The van der Waals surface area contributed by atoms with Gasteiger partial charge in [0.15, 0.2) is 11.5 Å². The molecule has 0 saturated heterocycles. The second-order valence-electron chi connectivity index (χ2n) is 7.74. The molecular weight excluding hydrogens is 392 g/mol. The van der Waals surface area contributed by atoms with Crippen LogP contribution >= 0.6 is 0 Å². The van der Waals surface area contributed by atoms with E-state index in [1.807, 2.05) is 42.5 Å². The van der Waals surface area contributed by atoms with Crippen LogP contribution in [0.2, 0.25) is 0 Å². The van der Waals surface area contributed by atoms with Crippen LogP contribution < -0.4 is 25.3 Å². The Morgan fingerprint density at radius 2 is 2.00 bits per heavy atom. The van der Waals surface area contributed by atoms with Crippen molar-refractivity contribution in [1.29, 1.82) is 0 Å². The van der Waals surface area contributed by atoms with Crippen LogP contribution in [0.3, 0.4) is 0 Å². The summed E-state index contributed by atoms with van der Waals surface area (Å²) in [4.78, 5) is 6.86. The van der Waals surface area contributed by atoms with Crippen LogP contribution in [0.25, 0.3) is 11.3 Å². The van der Waals surface area contributed by atoms with Crippen molar-refractivity contribution in [2.75, 3.05) is 39.7 Å². The monoisotopic (exact) mass is 420 g/mol. The van der Waals surface area contributed by atoms with E-state index < -0.39 is 0 Å². The molecule has 2 aromatic carbocycles. The number of rotatable bonds is 7. The summed E-state index contributed by atoms with van der Waals surface area (Å²) in [5, 5.41) is 3.42. The molecule has 1 aromatic heterocycles. The molecule has 1 aliphatic rings. The summed E-state index contributed by atoms with van der Waals surface area (Å²) in [6.07, 6.45) is -0.175. The highest BCUT2D eigenvalue weighted by Gasteiger charge is 2.24. The van der Waals surface area contributed by atoms with Crippen molar-refractivity contribution in [3.8, 4) is 28.6 Å². The molecule has 2 heterocycles. The van der Waals surface area contributed by atoms with Crippen molar-refractivity contribution >= 4 is 11.4 Å². The Labute approximate surface area is 182 Å². The summed E-state index contributed by atoms with van der Waals surface area (Å²) in [6.45, 7) is 1.70. The lowest BCUT2D eigenvalue weighted by Crippen LogP contribution is -2.35. The number of benzene rings is 2. The predicted molar refractivity (Wildman–Crippen MR) is 122 cm³/mol. The number of methoxy groups -OCH3 is 1. The number of hydrogen-bond acceptors (Lipinski definition) is 7. The zero-order valence-corrected chi connectivity index (χ0v) is 18.1. The van der Waals surface area contributed by atoms with Crippen molar-refractivity contribution in [2.45, 2.75) is 12.6 Å². The third-order valence-electron chi connectivity index (χ3n) is 4.99. The fourth-order valence-electron chi connectivity index (χ4n) is 3.56. The zero-order chi connectivity index (χ0) is 21.8. The number of fused-ring (bicyclic) bond motifs is 1. The van der Waals surface area contributed by atoms with E-state index in [4.69, 9.17) is 24.9 Å². The van der Waals surface area contributed by atoms with Crippen molar-refractivity contribution < 1.29 is 14.2 Å². The molecule has 0 amide bonds. The Balaban J connectivity index is 1.63. The largest absolute Gasteiger partial charge is 0.486 e. The minimum absolute atomic E-state index is 0.175. The van der Waals surface area contributed by atoms with Gasteiger partial charge in [-0.2, -0.15) is 0 Å². The maximum Gasteiger partial charge on any atom is 0.238 e. The van der Waals surface area contributed by atoms with Gasteiger partial charge < -0.3 is 30.2 Å². The average molecular weight is 421 g/mol. The number of para-hydroxylation sites is 1. The van der Waals surface area contributed by atoms with Gasteiger partial charge in [0.1, 0.15) is 18.4 Å². The molecule has 7 heteroatoms. The average Bonchev–Trinajstić information content (AvgIpc) is 2.78. The molecule has 4 rings (SSSR count). The standard InChI is InChI=1S/C24H28N4O3/c1-28(2)14-16-6-4-7-17(12-16)26-21-11-10-20(27-24(21)29-3)19-8-5-9-22-23(19)31-18(13-25)15-30-22/h4-12,18,26H,13-15,25H2,1-3H3. The molecule has 31 heavy (non-hydrogen) atoms. The van der Waals surface area contributed by atoms with Crippen LogP contribution in [-0.2, 0) is 6.54 Å². The number of nitrogens with zero attached hydrogens (tertiary/aromatic N) is 2. The van der Waals surface area contributed by atoms with E-state index in [-0.39, 0.29) is 6.10 Å². The number of nitrogens with two attached hydrogens (primary N) is 1. The van der Waals surface area contributed by atoms with E-state index in [0.29, 0.717) is 30.5 Å². The van der Waals surface area contributed by atoms with Crippen LogP contribution in [0, 0.1) is 0 Å². The van der Waals surface area contributed by atoms with E-state index in [1.54, 1.807) is 7.11 Å². The van der Waals surface area contributed by atoms with Crippen molar-refractivity contribution in [2.24, 2.45) is 5.73 Å². The minimum Gasteiger partial charge on any atom is -0.486 e. The Morgan fingerprint density at radius 1 is 1.16 bits per heavy atom. The van der Waals surface area contributed by atoms with E-state index in [1.165, 1.54) is 5.56 Å². The summed E-state index contributed by atoms with van der Waals surface area (Å²) in [6, 6.07) is 18.0. The molecule has 0 spiro atoms. The first kappa shape index (κ1) is 21.0.